The van der Waals surface area contributed by atoms with Gasteiger partial charge in [0.05, 0.1) is 24.4 Å². The largest absolute Gasteiger partial charge is 0.508 e. The number of aromatic hydroxyl groups is 1. The molecule has 2 aromatic heterocycles. The quantitative estimate of drug-likeness (QED) is 0.327. The van der Waals surface area contributed by atoms with Gasteiger partial charge in [-0.3, -0.25) is 4.98 Å². The van der Waals surface area contributed by atoms with Gasteiger partial charge in [0, 0.05) is 29.5 Å². The van der Waals surface area contributed by atoms with E-state index in [0.29, 0.717) is 10.7 Å². The molecule has 3 heterocycles. The standard InChI is InChI=1S/C26H22N4O3S/c1-33-25(32)17-7-9-18(10-8-17)29-16-4-6-22(29)24-23(21-5-2-3-15-27-21)28-26(34)30(24)19-11-13-20(31)14-12-19/h2-16,23-24,31H,1H3,(H,28,34). The minimum absolute atomic E-state index is 0.189. The number of pyridine rings is 1. The van der Waals surface area contributed by atoms with E-state index in [9.17, 15) is 9.90 Å². The van der Waals surface area contributed by atoms with Crippen LogP contribution >= 0.6 is 12.2 Å². The van der Waals surface area contributed by atoms with Crippen LogP contribution in [0.3, 0.4) is 0 Å². The van der Waals surface area contributed by atoms with Crippen molar-refractivity contribution in [2.75, 3.05) is 12.0 Å². The van der Waals surface area contributed by atoms with Crippen LogP contribution in [0.4, 0.5) is 5.69 Å². The number of hydrogen-bond donors (Lipinski definition) is 2. The molecule has 0 radical (unpaired) electrons. The first kappa shape index (κ1) is 21.7. The summed E-state index contributed by atoms with van der Waals surface area (Å²) in [4.78, 5) is 18.5. The van der Waals surface area contributed by atoms with Gasteiger partial charge in [-0.15, -0.1) is 0 Å². The number of ether oxygens (including phenoxy) is 1. The van der Waals surface area contributed by atoms with Crippen LogP contribution in [-0.2, 0) is 4.74 Å². The number of methoxy groups -OCH3 is 1. The molecule has 0 saturated carbocycles. The van der Waals surface area contributed by atoms with Crippen LogP contribution in [0.25, 0.3) is 5.69 Å². The fourth-order valence-corrected chi connectivity index (χ4v) is 4.64. The molecule has 1 fully saturated rings. The van der Waals surface area contributed by atoms with Crippen molar-refractivity contribution in [2.45, 2.75) is 12.1 Å². The fourth-order valence-electron chi connectivity index (χ4n) is 4.29. The Kier molecular flexibility index (Phi) is 5.73. The van der Waals surface area contributed by atoms with E-state index in [2.05, 4.69) is 20.9 Å². The number of aromatic nitrogens is 2. The average Bonchev–Trinajstić information content (AvgIpc) is 3.49. The molecule has 0 amide bonds. The van der Waals surface area contributed by atoms with E-state index in [0.717, 1.165) is 22.8 Å². The first-order valence-electron chi connectivity index (χ1n) is 10.7. The first-order chi connectivity index (χ1) is 16.6. The molecule has 170 valence electrons. The Bertz CT molecular complexity index is 1320. The van der Waals surface area contributed by atoms with Crippen LogP contribution in [-0.4, -0.2) is 32.8 Å². The predicted molar refractivity (Wildman–Crippen MR) is 133 cm³/mol. The number of benzene rings is 2. The van der Waals surface area contributed by atoms with Gasteiger partial charge in [0.2, 0.25) is 0 Å². The highest BCUT2D eigenvalue weighted by molar-refractivity contribution is 7.80. The van der Waals surface area contributed by atoms with Gasteiger partial charge < -0.3 is 24.6 Å². The highest BCUT2D eigenvalue weighted by Gasteiger charge is 2.42. The van der Waals surface area contributed by atoms with Gasteiger partial charge in [0.15, 0.2) is 5.11 Å². The molecule has 1 aliphatic heterocycles. The smallest absolute Gasteiger partial charge is 0.337 e. The number of nitrogens with zero attached hydrogens (tertiary/aromatic N) is 3. The molecular weight excluding hydrogens is 448 g/mol. The van der Waals surface area contributed by atoms with Crippen molar-refractivity contribution in [3.05, 3.63) is 108 Å². The number of phenolic OH excluding ortho intramolecular Hbond substituents is 1. The number of thiocarbonyl (C=S) groups is 1. The number of carbonyl (C=O) groups is 1. The first-order valence-corrected chi connectivity index (χ1v) is 11.1. The van der Waals surface area contributed by atoms with Crippen molar-refractivity contribution in [3.8, 4) is 11.4 Å². The van der Waals surface area contributed by atoms with Crippen LogP contribution in [0, 0.1) is 0 Å². The number of nitrogens with one attached hydrogen (secondary N) is 1. The summed E-state index contributed by atoms with van der Waals surface area (Å²) in [5.41, 5.74) is 4.09. The Morgan fingerprint density at radius 3 is 2.41 bits per heavy atom. The summed E-state index contributed by atoms with van der Waals surface area (Å²) in [6, 6.07) is 23.7. The third-order valence-electron chi connectivity index (χ3n) is 5.88. The number of hydrogen-bond acceptors (Lipinski definition) is 5. The van der Waals surface area contributed by atoms with Gasteiger partial charge in [0.25, 0.3) is 0 Å². The molecule has 1 saturated heterocycles. The molecule has 2 atom stereocenters. The van der Waals surface area contributed by atoms with Gasteiger partial charge in [-0.25, -0.2) is 4.79 Å². The Morgan fingerprint density at radius 1 is 1.00 bits per heavy atom. The van der Waals surface area contributed by atoms with Crippen molar-refractivity contribution >= 4 is 29.0 Å². The summed E-state index contributed by atoms with van der Waals surface area (Å²) in [6.45, 7) is 0. The minimum Gasteiger partial charge on any atom is -0.508 e. The number of anilines is 1. The zero-order valence-corrected chi connectivity index (χ0v) is 19.1. The topological polar surface area (TPSA) is 79.6 Å². The van der Waals surface area contributed by atoms with Gasteiger partial charge in [0.1, 0.15) is 11.8 Å². The molecule has 0 bridgehead atoms. The summed E-state index contributed by atoms with van der Waals surface area (Å²) in [7, 11) is 1.37. The number of esters is 1. The van der Waals surface area contributed by atoms with Crippen molar-refractivity contribution in [2.24, 2.45) is 0 Å². The molecule has 0 aliphatic carbocycles. The molecular formula is C26H22N4O3S. The fraction of sp³-hybridized carbons (Fsp3) is 0.115. The number of rotatable bonds is 5. The van der Waals surface area contributed by atoms with E-state index in [-0.39, 0.29) is 23.8 Å². The Hall–Kier alpha value is -4.17. The summed E-state index contributed by atoms with van der Waals surface area (Å²) in [6.07, 6.45) is 3.75. The Balaban J connectivity index is 1.61. The maximum Gasteiger partial charge on any atom is 0.337 e. The van der Waals surface area contributed by atoms with Gasteiger partial charge in [-0.1, -0.05) is 6.07 Å². The van der Waals surface area contributed by atoms with E-state index < -0.39 is 0 Å². The molecule has 34 heavy (non-hydrogen) atoms. The number of phenols is 1. The Labute approximate surface area is 202 Å². The lowest BCUT2D eigenvalue weighted by atomic mass is 10.0. The van der Waals surface area contributed by atoms with Crippen molar-refractivity contribution < 1.29 is 14.6 Å². The lowest BCUT2D eigenvalue weighted by molar-refractivity contribution is 0.0600. The zero-order valence-electron chi connectivity index (χ0n) is 18.3. The maximum absolute atomic E-state index is 11.9. The molecule has 7 nitrogen and oxygen atoms in total. The Morgan fingerprint density at radius 2 is 1.74 bits per heavy atom. The van der Waals surface area contributed by atoms with Crippen LogP contribution in [0.2, 0.25) is 0 Å². The summed E-state index contributed by atoms with van der Waals surface area (Å²) >= 11 is 5.77. The summed E-state index contributed by atoms with van der Waals surface area (Å²) in [5, 5.41) is 13.8. The van der Waals surface area contributed by atoms with E-state index in [4.69, 9.17) is 17.0 Å². The molecule has 5 rings (SSSR count). The second-order valence-electron chi connectivity index (χ2n) is 7.85. The van der Waals surface area contributed by atoms with E-state index in [1.807, 2.05) is 59.6 Å². The van der Waals surface area contributed by atoms with Crippen molar-refractivity contribution in [1.29, 1.82) is 0 Å². The third-order valence-corrected chi connectivity index (χ3v) is 6.19. The van der Waals surface area contributed by atoms with Gasteiger partial charge >= 0.3 is 5.97 Å². The number of carbonyl (C=O) groups excluding carboxylic acids is 1. The molecule has 2 aromatic carbocycles. The second-order valence-corrected chi connectivity index (χ2v) is 8.24. The third kappa shape index (κ3) is 3.88. The minimum atomic E-state index is -0.377. The highest BCUT2D eigenvalue weighted by Crippen LogP contribution is 2.42. The zero-order chi connectivity index (χ0) is 23.7. The average molecular weight is 471 g/mol. The summed E-state index contributed by atoms with van der Waals surface area (Å²) < 4.78 is 6.89. The van der Waals surface area contributed by atoms with Crippen LogP contribution < -0.4 is 10.2 Å². The van der Waals surface area contributed by atoms with E-state index in [1.165, 1.54) is 7.11 Å². The monoisotopic (exact) mass is 470 g/mol. The molecule has 0 spiro atoms. The molecule has 4 aromatic rings. The van der Waals surface area contributed by atoms with Gasteiger partial charge in [-0.05, 0) is 85.0 Å². The molecule has 8 heteroatoms. The van der Waals surface area contributed by atoms with E-state index >= 15 is 0 Å². The molecule has 2 N–H and O–H groups in total. The molecule has 1 aliphatic rings. The molecule has 2 unspecified atom stereocenters. The van der Waals surface area contributed by atoms with Crippen LogP contribution in [0.5, 0.6) is 5.75 Å². The normalized spacial score (nSPS) is 17.4. The van der Waals surface area contributed by atoms with E-state index in [1.54, 1.807) is 30.5 Å². The highest BCUT2D eigenvalue weighted by atomic mass is 32.1. The summed E-state index contributed by atoms with van der Waals surface area (Å²) in [5.74, 6) is -0.188. The second kappa shape index (κ2) is 8.99. The maximum atomic E-state index is 11.9. The lowest BCUT2D eigenvalue weighted by Gasteiger charge is -2.29. The van der Waals surface area contributed by atoms with Crippen molar-refractivity contribution in [1.82, 2.24) is 14.9 Å². The van der Waals surface area contributed by atoms with Crippen molar-refractivity contribution in [3.63, 3.8) is 0 Å². The van der Waals surface area contributed by atoms with Crippen LogP contribution in [0.1, 0.15) is 33.8 Å². The van der Waals surface area contributed by atoms with Gasteiger partial charge in [-0.2, -0.15) is 0 Å². The van der Waals surface area contributed by atoms with Crippen LogP contribution in [0.15, 0.2) is 91.3 Å². The SMILES string of the molecule is COC(=O)c1ccc(-n2cccc2C2C(c3ccccn3)NC(=S)N2c2ccc(O)cc2)cc1. The predicted octanol–water partition coefficient (Wildman–Crippen LogP) is 4.54. The lowest BCUT2D eigenvalue weighted by Crippen LogP contribution is -2.30.